The molecule has 0 fully saturated rings. The first-order valence-corrected chi connectivity index (χ1v) is 3.46. The number of pyridine rings is 1. The third-order valence-corrected chi connectivity index (χ3v) is 1.42. The van der Waals surface area contributed by atoms with E-state index in [1.807, 2.05) is 0 Å². The minimum Gasteiger partial charge on any atom is -0.388 e. The van der Waals surface area contributed by atoms with Crippen LogP contribution in [0.2, 0.25) is 0 Å². The van der Waals surface area contributed by atoms with Crippen molar-refractivity contribution in [3.05, 3.63) is 17.8 Å². The largest absolute Gasteiger partial charge is 0.433 e. The van der Waals surface area contributed by atoms with Crippen LogP contribution < -0.4 is 11.1 Å². The maximum Gasteiger partial charge on any atom is 0.433 e. The zero-order valence-corrected chi connectivity index (χ0v) is 6.81. The monoisotopic (exact) mass is 191 g/mol. The number of aromatic nitrogens is 1. The number of hydrogen-bond donors (Lipinski definition) is 2. The highest BCUT2D eigenvalue weighted by Gasteiger charge is 2.32. The van der Waals surface area contributed by atoms with Crippen LogP contribution in [0.15, 0.2) is 12.1 Å². The van der Waals surface area contributed by atoms with E-state index in [2.05, 4.69) is 10.3 Å². The summed E-state index contributed by atoms with van der Waals surface area (Å²) in [6, 6.07) is 2.23. The summed E-state index contributed by atoms with van der Waals surface area (Å²) in [5.41, 5.74) is 4.48. The fourth-order valence-electron chi connectivity index (χ4n) is 0.841. The molecule has 6 heteroatoms. The number of nitrogens with one attached hydrogen (secondary N) is 1. The van der Waals surface area contributed by atoms with Gasteiger partial charge in [-0.05, 0) is 6.07 Å². The van der Waals surface area contributed by atoms with Crippen LogP contribution in [0.4, 0.5) is 24.7 Å². The van der Waals surface area contributed by atoms with Crippen molar-refractivity contribution < 1.29 is 13.2 Å². The number of rotatable bonds is 1. The molecule has 1 rings (SSSR count). The average molecular weight is 191 g/mol. The van der Waals surface area contributed by atoms with Crippen LogP contribution in [0.3, 0.4) is 0 Å². The van der Waals surface area contributed by atoms with Crippen molar-refractivity contribution in [2.24, 2.45) is 0 Å². The molecule has 13 heavy (non-hydrogen) atoms. The van der Waals surface area contributed by atoms with E-state index in [0.29, 0.717) is 5.69 Å². The Morgan fingerprint density at radius 2 is 2.00 bits per heavy atom. The molecule has 0 unspecified atom stereocenters. The molecule has 0 spiro atoms. The van der Waals surface area contributed by atoms with Crippen molar-refractivity contribution >= 4 is 11.5 Å². The number of nitrogens with zero attached hydrogens (tertiary/aromatic N) is 1. The molecule has 1 aromatic rings. The van der Waals surface area contributed by atoms with Crippen LogP contribution in [0.5, 0.6) is 0 Å². The number of alkyl halides is 3. The second kappa shape index (κ2) is 3.12. The lowest BCUT2D eigenvalue weighted by atomic mass is 10.3. The molecular weight excluding hydrogens is 183 g/mol. The molecule has 0 aliphatic heterocycles. The molecule has 0 aromatic carbocycles. The Labute approximate surface area is 72.8 Å². The lowest BCUT2D eigenvalue weighted by molar-refractivity contribution is -0.141. The molecule has 0 bridgehead atoms. The van der Waals surface area contributed by atoms with E-state index in [0.717, 1.165) is 6.07 Å². The van der Waals surface area contributed by atoms with Crippen molar-refractivity contribution in [3.8, 4) is 0 Å². The van der Waals surface area contributed by atoms with Gasteiger partial charge >= 0.3 is 6.18 Å². The fraction of sp³-hybridized carbons (Fsp3) is 0.286. The molecule has 0 radical (unpaired) electrons. The third-order valence-electron chi connectivity index (χ3n) is 1.42. The van der Waals surface area contributed by atoms with E-state index in [1.54, 1.807) is 0 Å². The second-order valence-electron chi connectivity index (χ2n) is 2.41. The molecule has 0 amide bonds. The quantitative estimate of drug-likeness (QED) is 0.710. The van der Waals surface area contributed by atoms with Gasteiger partial charge in [0.05, 0.1) is 0 Å². The van der Waals surface area contributed by atoms with Gasteiger partial charge in [0, 0.05) is 18.8 Å². The van der Waals surface area contributed by atoms with Crippen LogP contribution in [0.25, 0.3) is 0 Å². The van der Waals surface area contributed by atoms with Crippen LogP contribution in [0.1, 0.15) is 5.69 Å². The Kier molecular flexibility index (Phi) is 2.31. The van der Waals surface area contributed by atoms with Crippen molar-refractivity contribution in [2.75, 3.05) is 18.1 Å². The number of halogens is 3. The Hall–Kier alpha value is -1.46. The zero-order chi connectivity index (χ0) is 10.1. The molecule has 0 saturated heterocycles. The van der Waals surface area contributed by atoms with Crippen molar-refractivity contribution in [1.82, 2.24) is 4.98 Å². The minimum atomic E-state index is -4.46. The molecule has 0 aliphatic rings. The van der Waals surface area contributed by atoms with Crippen molar-refractivity contribution in [3.63, 3.8) is 0 Å². The highest BCUT2D eigenvalue weighted by molar-refractivity contribution is 5.51. The van der Waals surface area contributed by atoms with Gasteiger partial charge < -0.3 is 11.1 Å². The Balaban J connectivity index is 3.16. The Morgan fingerprint density at radius 3 is 2.46 bits per heavy atom. The second-order valence-corrected chi connectivity index (χ2v) is 2.41. The summed E-state index contributed by atoms with van der Waals surface area (Å²) in [6.45, 7) is 0. The molecular formula is C7H8F3N3. The lowest BCUT2D eigenvalue weighted by Gasteiger charge is -2.08. The van der Waals surface area contributed by atoms with Crippen molar-refractivity contribution in [2.45, 2.75) is 6.18 Å². The van der Waals surface area contributed by atoms with Crippen molar-refractivity contribution in [1.29, 1.82) is 0 Å². The SMILES string of the molecule is CNc1cc(N)nc(C(F)(F)F)c1. The van der Waals surface area contributed by atoms with E-state index < -0.39 is 11.9 Å². The molecule has 0 saturated carbocycles. The summed E-state index contributed by atoms with van der Waals surface area (Å²) in [5, 5.41) is 2.56. The molecule has 1 heterocycles. The predicted octanol–water partition coefficient (Wildman–Crippen LogP) is 1.72. The number of nitrogens with two attached hydrogens (primary N) is 1. The van der Waals surface area contributed by atoms with E-state index in [-0.39, 0.29) is 5.82 Å². The average Bonchev–Trinajstić information content (AvgIpc) is 2.01. The van der Waals surface area contributed by atoms with Gasteiger partial charge in [0.1, 0.15) is 11.5 Å². The van der Waals surface area contributed by atoms with Gasteiger partial charge in [-0.2, -0.15) is 13.2 Å². The van der Waals surface area contributed by atoms with Crippen LogP contribution >= 0.6 is 0 Å². The molecule has 1 aromatic heterocycles. The van der Waals surface area contributed by atoms with Crippen LogP contribution in [-0.4, -0.2) is 12.0 Å². The maximum atomic E-state index is 12.1. The standard InChI is InChI=1S/C7H8F3N3/c1-12-4-2-5(7(8,9)10)13-6(11)3-4/h2-3H,1H3,(H3,11,12,13). The Morgan fingerprint density at radius 1 is 1.38 bits per heavy atom. The van der Waals surface area contributed by atoms with Crippen LogP contribution in [-0.2, 0) is 6.18 Å². The molecule has 0 atom stereocenters. The number of nitrogen functional groups attached to an aromatic ring is 1. The first-order chi connectivity index (χ1) is 5.93. The van der Waals surface area contributed by atoms with Gasteiger partial charge in [0.2, 0.25) is 0 Å². The zero-order valence-electron chi connectivity index (χ0n) is 6.81. The molecule has 3 N–H and O–H groups in total. The van der Waals surface area contributed by atoms with Gasteiger partial charge in [-0.25, -0.2) is 4.98 Å². The summed E-state index contributed by atoms with van der Waals surface area (Å²) < 4.78 is 36.4. The van der Waals surface area contributed by atoms with Gasteiger partial charge in [-0.15, -0.1) is 0 Å². The highest BCUT2D eigenvalue weighted by Crippen LogP contribution is 2.29. The van der Waals surface area contributed by atoms with Gasteiger partial charge in [-0.1, -0.05) is 0 Å². The third kappa shape index (κ3) is 2.24. The number of anilines is 2. The summed E-state index contributed by atoms with van der Waals surface area (Å²) in [4.78, 5) is 3.17. The summed E-state index contributed by atoms with van der Waals surface area (Å²) in [6.07, 6.45) is -4.46. The normalized spacial score (nSPS) is 11.4. The van der Waals surface area contributed by atoms with Crippen LogP contribution in [0, 0.1) is 0 Å². The molecule has 3 nitrogen and oxygen atoms in total. The maximum absolute atomic E-state index is 12.1. The Bertz CT molecular complexity index is 308. The summed E-state index contributed by atoms with van der Waals surface area (Å²) in [7, 11) is 1.51. The van der Waals surface area contributed by atoms with Gasteiger partial charge in [0.25, 0.3) is 0 Å². The van der Waals surface area contributed by atoms with E-state index >= 15 is 0 Å². The fourth-order valence-corrected chi connectivity index (χ4v) is 0.841. The smallest absolute Gasteiger partial charge is 0.388 e. The topological polar surface area (TPSA) is 50.9 Å². The number of hydrogen-bond acceptors (Lipinski definition) is 3. The van der Waals surface area contributed by atoms with E-state index in [1.165, 1.54) is 13.1 Å². The first-order valence-electron chi connectivity index (χ1n) is 3.46. The summed E-state index contributed by atoms with van der Waals surface area (Å²) in [5.74, 6) is -0.154. The highest BCUT2D eigenvalue weighted by atomic mass is 19.4. The predicted molar refractivity (Wildman–Crippen MR) is 43.2 cm³/mol. The first kappa shape index (κ1) is 9.63. The lowest BCUT2D eigenvalue weighted by Crippen LogP contribution is -2.10. The van der Waals surface area contributed by atoms with E-state index in [9.17, 15) is 13.2 Å². The van der Waals surface area contributed by atoms with Gasteiger partial charge in [-0.3, -0.25) is 0 Å². The molecule has 72 valence electrons. The summed E-state index contributed by atoms with van der Waals surface area (Å²) >= 11 is 0. The van der Waals surface area contributed by atoms with E-state index in [4.69, 9.17) is 5.73 Å². The van der Waals surface area contributed by atoms with Gasteiger partial charge in [0.15, 0.2) is 0 Å². The molecule has 0 aliphatic carbocycles. The minimum absolute atomic E-state index is 0.154.